The molecule has 1 aliphatic rings. The minimum Gasteiger partial charge on any atom is -0.398 e. The third-order valence-electron chi connectivity index (χ3n) is 3.07. The lowest BCUT2D eigenvalue weighted by atomic mass is 10.1. The molecule has 1 aromatic rings. The number of carbonyl (C=O) groups excluding carboxylic acids is 1. The SMILES string of the molecule is CCN(C(=O)c1cc([N+](=O)[O-])ccc1N)C1CC1. The number of hydrogen-bond donors (Lipinski definition) is 1. The molecule has 6 heteroatoms. The van der Waals surface area contributed by atoms with E-state index in [4.69, 9.17) is 5.73 Å². The molecule has 0 saturated heterocycles. The van der Waals surface area contributed by atoms with Gasteiger partial charge in [-0.1, -0.05) is 0 Å². The lowest BCUT2D eigenvalue weighted by Crippen LogP contribution is -2.33. The van der Waals surface area contributed by atoms with E-state index in [9.17, 15) is 14.9 Å². The summed E-state index contributed by atoms with van der Waals surface area (Å²) >= 11 is 0. The predicted molar refractivity (Wildman–Crippen MR) is 67.2 cm³/mol. The molecule has 0 aliphatic heterocycles. The number of carbonyl (C=O) groups is 1. The molecule has 2 N–H and O–H groups in total. The van der Waals surface area contributed by atoms with E-state index in [-0.39, 0.29) is 28.9 Å². The van der Waals surface area contributed by atoms with Gasteiger partial charge in [0.25, 0.3) is 11.6 Å². The summed E-state index contributed by atoms with van der Waals surface area (Å²) in [6, 6.07) is 4.23. The monoisotopic (exact) mass is 249 g/mol. The second kappa shape index (κ2) is 4.64. The summed E-state index contributed by atoms with van der Waals surface area (Å²) in [5, 5.41) is 10.7. The second-order valence-corrected chi connectivity index (χ2v) is 4.35. The molecule has 18 heavy (non-hydrogen) atoms. The van der Waals surface area contributed by atoms with E-state index >= 15 is 0 Å². The molecular formula is C12H15N3O3. The molecule has 0 spiro atoms. The van der Waals surface area contributed by atoms with Crippen LogP contribution in [-0.2, 0) is 0 Å². The Kier molecular flexibility index (Phi) is 3.18. The molecule has 1 aliphatic carbocycles. The number of rotatable bonds is 4. The van der Waals surface area contributed by atoms with Gasteiger partial charge in [0.15, 0.2) is 0 Å². The summed E-state index contributed by atoms with van der Waals surface area (Å²) in [5.74, 6) is -0.221. The Bertz CT molecular complexity index is 497. The molecule has 6 nitrogen and oxygen atoms in total. The van der Waals surface area contributed by atoms with Crippen molar-refractivity contribution in [2.75, 3.05) is 12.3 Å². The minimum absolute atomic E-state index is 0.112. The molecule has 2 rings (SSSR count). The maximum Gasteiger partial charge on any atom is 0.270 e. The summed E-state index contributed by atoms with van der Waals surface area (Å²) in [4.78, 5) is 24.2. The molecule has 0 atom stereocenters. The number of nitrogens with zero attached hydrogens (tertiary/aromatic N) is 2. The van der Waals surface area contributed by atoms with Gasteiger partial charge in [0.1, 0.15) is 0 Å². The second-order valence-electron chi connectivity index (χ2n) is 4.35. The average molecular weight is 249 g/mol. The highest BCUT2D eigenvalue weighted by molar-refractivity contribution is 6.00. The number of hydrogen-bond acceptors (Lipinski definition) is 4. The Balaban J connectivity index is 2.33. The molecule has 1 saturated carbocycles. The van der Waals surface area contributed by atoms with Crippen LogP contribution in [0.5, 0.6) is 0 Å². The van der Waals surface area contributed by atoms with Crippen LogP contribution in [0.2, 0.25) is 0 Å². The maximum absolute atomic E-state index is 12.3. The molecule has 0 bridgehead atoms. The van der Waals surface area contributed by atoms with E-state index in [1.807, 2.05) is 6.92 Å². The number of anilines is 1. The van der Waals surface area contributed by atoms with Crippen LogP contribution in [0, 0.1) is 10.1 Å². The van der Waals surface area contributed by atoms with Crippen molar-refractivity contribution in [3.63, 3.8) is 0 Å². The molecule has 1 amide bonds. The highest BCUT2D eigenvalue weighted by Crippen LogP contribution is 2.30. The lowest BCUT2D eigenvalue weighted by Gasteiger charge is -2.21. The Labute approximate surface area is 105 Å². The number of nitrogens with two attached hydrogens (primary N) is 1. The van der Waals surface area contributed by atoms with Gasteiger partial charge in [0.05, 0.1) is 10.5 Å². The number of amides is 1. The van der Waals surface area contributed by atoms with Crippen molar-refractivity contribution in [3.8, 4) is 0 Å². The fraction of sp³-hybridized carbons (Fsp3) is 0.417. The first-order valence-corrected chi connectivity index (χ1v) is 5.89. The van der Waals surface area contributed by atoms with Gasteiger partial charge >= 0.3 is 0 Å². The van der Waals surface area contributed by atoms with Crippen molar-refractivity contribution >= 4 is 17.3 Å². The fourth-order valence-electron chi connectivity index (χ4n) is 1.95. The zero-order valence-electron chi connectivity index (χ0n) is 10.1. The van der Waals surface area contributed by atoms with Gasteiger partial charge in [-0.25, -0.2) is 0 Å². The molecule has 96 valence electrons. The molecule has 0 unspecified atom stereocenters. The van der Waals surface area contributed by atoms with E-state index in [2.05, 4.69) is 0 Å². The number of nitrogen functional groups attached to an aromatic ring is 1. The predicted octanol–water partition coefficient (Wildman–Crippen LogP) is 1.80. The Morgan fingerprint density at radius 3 is 2.72 bits per heavy atom. The molecular weight excluding hydrogens is 234 g/mol. The number of non-ortho nitro benzene ring substituents is 1. The van der Waals surface area contributed by atoms with Gasteiger partial charge in [0.2, 0.25) is 0 Å². The Hall–Kier alpha value is -2.11. The van der Waals surface area contributed by atoms with Crippen LogP contribution >= 0.6 is 0 Å². The summed E-state index contributed by atoms with van der Waals surface area (Å²) in [7, 11) is 0. The van der Waals surface area contributed by atoms with Crippen molar-refractivity contribution < 1.29 is 9.72 Å². The van der Waals surface area contributed by atoms with Crippen molar-refractivity contribution in [2.45, 2.75) is 25.8 Å². The standard InChI is InChI=1S/C12H15N3O3/c1-2-14(8-3-4-8)12(16)10-7-9(15(17)18)5-6-11(10)13/h5-8H,2-4,13H2,1H3. The van der Waals surface area contributed by atoms with E-state index in [0.717, 1.165) is 12.8 Å². The molecule has 0 radical (unpaired) electrons. The molecule has 1 fully saturated rings. The number of benzene rings is 1. The van der Waals surface area contributed by atoms with Crippen LogP contribution in [-0.4, -0.2) is 28.3 Å². The van der Waals surface area contributed by atoms with Gasteiger partial charge in [-0.05, 0) is 25.8 Å². The number of nitro groups is 1. The summed E-state index contributed by atoms with van der Waals surface area (Å²) in [6.45, 7) is 2.48. The van der Waals surface area contributed by atoms with Crippen LogP contribution in [0.25, 0.3) is 0 Å². The smallest absolute Gasteiger partial charge is 0.270 e. The Morgan fingerprint density at radius 2 is 2.22 bits per heavy atom. The van der Waals surface area contributed by atoms with E-state index in [0.29, 0.717) is 6.54 Å². The topological polar surface area (TPSA) is 89.5 Å². The van der Waals surface area contributed by atoms with Gasteiger partial charge in [-0.3, -0.25) is 14.9 Å². The first kappa shape index (κ1) is 12.3. The van der Waals surface area contributed by atoms with Gasteiger partial charge in [-0.15, -0.1) is 0 Å². The summed E-state index contributed by atoms with van der Waals surface area (Å²) < 4.78 is 0. The van der Waals surface area contributed by atoms with Crippen molar-refractivity contribution in [1.82, 2.24) is 4.90 Å². The van der Waals surface area contributed by atoms with Crippen LogP contribution < -0.4 is 5.73 Å². The molecule has 0 heterocycles. The van der Waals surface area contributed by atoms with Crippen molar-refractivity contribution in [2.24, 2.45) is 0 Å². The van der Waals surface area contributed by atoms with Gasteiger partial charge < -0.3 is 10.6 Å². The largest absolute Gasteiger partial charge is 0.398 e. The van der Waals surface area contributed by atoms with Crippen LogP contribution in [0.4, 0.5) is 11.4 Å². The zero-order valence-corrected chi connectivity index (χ0v) is 10.1. The first-order chi connectivity index (χ1) is 8.54. The summed E-state index contributed by atoms with van der Waals surface area (Å²) in [5.41, 5.74) is 6.12. The third-order valence-corrected chi connectivity index (χ3v) is 3.07. The quantitative estimate of drug-likeness (QED) is 0.500. The summed E-state index contributed by atoms with van der Waals surface area (Å²) in [6.07, 6.45) is 1.99. The average Bonchev–Trinajstić information content (AvgIpc) is 3.14. The van der Waals surface area contributed by atoms with Gasteiger partial charge in [0, 0.05) is 30.4 Å². The van der Waals surface area contributed by atoms with Crippen LogP contribution in [0.1, 0.15) is 30.1 Å². The Morgan fingerprint density at radius 1 is 1.56 bits per heavy atom. The zero-order chi connectivity index (χ0) is 13.3. The third kappa shape index (κ3) is 2.27. The normalized spacial score (nSPS) is 14.3. The number of nitro benzene ring substituents is 1. The highest BCUT2D eigenvalue weighted by Gasteiger charge is 2.33. The molecule has 0 aromatic heterocycles. The maximum atomic E-state index is 12.3. The van der Waals surface area contributed by atoms with Crippen molar-refractivity contribution in [1.29, 1.82) is 0 Å². The van der Waals surface area contributed by atoms with Gasteiger partial charge in [-0.2, -0.15) is 0 Å². The first-order valence-electron chi connectivity index (χ1n) is 5.89. The highest BCUT2D eigenvalue weighted by atomic mass is 16.6. The van der Waals surface area contributed by atoms with E-state index in [1.54, 1.807) is 4.90 Å². The van der Waals surface area contributed by atoms with E-state index < -0.39 is 4.92 Å². The lowest BCUT2D eigenvalue weighted by molar-refractivity contribution is -0.384. The van der Waals surface area contributed by atoms with Crippen LogP contribution in [0.15, 0.2) is 18.2 Å². The molecule has 1 aromatic carbocycles. The van der Waals surface area contributed by atoms with E-state index in [1.165, 1.54) is 18.2 Å². The van der Waals surface area contributed by atoms with Crippen molar-refractivity contribution in [3.05, 3.63) is 33.9 Å². The fourth-order valence-corrected chi connectivity index (χ4v) is 1.95. The minimum atomic E-state index is -0.524. The van der Waals surface area contributed by atoms with Crippen LogP contribution in [0.3, 0.4) is 0 Å².